The first kappa shape index (κ1) is 14.1. The lowest BCUT2D eigenvalue weighted by molar-refractivity contribution is 0.0227. The predicted octanol–water partition coefficient (Wildman–Crippen LogP) is 3.73. The minimum absolute atomic E-state index is 0.534. The number of rotatable bonds is 4. The standard InChI is InChI=1S/C18H28N2/c19-13-12-18(15-7-2-1-3-8-15)20-14-6-10-16-9-4-5-11-17(16)20/h1-3,7-8,16-18H,4-6,9-14,19H2/t16-,17-,18?/m1/s1. The highest BCUT2D eigenvalue weighted by atomic mass is 15.2. The molecule has 3 rings (SSSR count). The number of nitrogens with zero attached hydrogens (tertiary/aromatic N) is 1. The number of hydrogen-bond acceptors (Lipinski definition) is 2. The first-order valence-corrected chi connectivity index (χ1v) is 8.41. The number of piperidine rings is 1. The lowest BCUT2D eigenvalue weighted by Crippen LogP contribution is -2.48. The highest BCUT2D eigenvalue weighted by molar-refractivity contribution is 5.19. The van der Waals surface area contributed by atoms with Gasteiger partial charge in [0.25, 0.3) is 0 Å². The Bertz CT molecular complexity index is 401. The molecule has 0 amide bonds. The Hall–Kier alpha value is -0.860. The van der Waals surface area contributed by atoms with E-state index in [1.807, 2.05) is 0 Å². The van der Waals surface area contributed by atoms with E-state index in [9.17, 15) is 0 Å². The molecule has 0 bridgehead atoms. The Morgan fingerprint density at radius 2 is 1.80 bits per heavy atom. The largest absolute Gasteiger partial charge is 0.330 e. The lowest BCUT2D eigenvalue weighted by Gasteiger charge is -2.48. The van der Waals surface area contributed by atoms with Gasteiger partial charge in [-0.05, 0) is 56.7 Å². The monoisotopic (exact) mass is 272 g/mol. The summed E-state index contributed by atoms with van der Waals surface area (Å²) in [4.78, 5) is 2.80. The van der Waals surface area contributed by atoms with E-state index in [-0.39, 0.29) is 0 Å². The molecular weight excluding hydrogens is 244 g/mol. The average Bonchev–Trinajstić information content (AvgIpc) is 2.53. The normalized spacial score (nSPS) is 28.9. The first-order chi connectivity index (χ1) is 9.90. The van der Waals surface area contributed by atoms with Crippen molar-refractivity contribution < 1.29 is 0 Å². The van der Waals surface area contributed by atoms with Crippen LogP contribution in [0.3, 0.4) is 0 Å². The summed E-state index contributed by atoms with van der Waals surface area (Å²) >= 11 is 0. The van der Waals surface area contributed by atoms with Crippen molar-refractivity contribution in [2.75, 3.05) is 13.1 Å². The quantitative estimate of drug-likeness (QED) is 0.905. The molecule has 2 heteroatoms. The Kier molecular flexibility index (Phi) is 4.74. The highest BCUT2D eigenvalue weighted by Crippen LogP contribution is 2.40. The van der Waals surface area contributed by atoms with Crippen LogP contribution >= 0.6 is 0 Å². The van der Waals surface area contributed by atoms with E-state index in [0.717, 1.165) is 24.9 Å². The van der Waals surface area contributed by atoms with Crippen molar-refractivity contribution >= 4 is 0 Å². The molecule has 1 heterocycles. The van der Waals surface area contributed by atoms with Crippen molar-refractivity contribution in [3.05, 3.63) is 35.9 Å². The van der Waals surface area contributed by atoms with Gasteiger partial charge >= 0.3 is 0 Å². The van der Waals surface area contributed by atoms with Gasteiger partial charge in [-0.15, -0.1) is 0 Å². The Balaban J connectivity index is 1.82. The smallest absolute Gasteiger partial charge is 0.0363 e. The van der Waals surface area contributed by atoms with Gasteiger partial charge in [0, 0.05) is 12.1 Å². The Labute approximate surface area is 123 Å². The van der Waals surface area contributed by atoms with Crippen molar-refractivity contribution in [2.45, 2.75) is 57.0 Å². The molecule has 3 atom stereocenters. The van der Waals surface area contributed by atoms with Gasteiger partial charge in [-0.2, -0.15) is 0 Å². The molecule has 0 aromatic heterocycles. The summed E-state index contributed by atoms with van der Waals surface area (Å²) in [6.45, 7) is 2.05. The van der Waals surface area contributed by atoms with Crippen LogP contribution in [0.15, 0.2) is 30.3 Å². The van der Waals surface area contributed by atoms with Crippen LogP contribution in [0.25, 0.3) is 0 Å². The summed E-state index contributed by atoms with van der Waals surface area (Å²) in [7, 11) is 0. The van der Waals surface area contributed by atoms with Crippen LogP contribution in [0, 0.1) is 5.92 Å². The van der Waals surface area contributed by atoms with E-state index in [1.165, 1.54) is 50.6 Å². The summed E-state index contributed by atoms with van der Waals surface area (Å²) in [5.74, 6) is 0.946. The second kappa shape index (κ2) is 6.73. The van der Waals surface area contributed by atoms with Gasteiger partial charge in [0.15, 0.2) is 0 Å². The molecule has 0 radical (unpaired) electrons. The highest BCUT2D eigenvalue weighted by Gasteiger charge is 2.36. The Morgan fingerprint density at radius 3 is 2.60 bits per heavy atom. The number of hydrogen-bond donors (Lipinski definition) is 1. The molecule has 20 heavy (non-hydrogen) atoms. The molecule has 1 aromatic rings. The van der Waals surface area contributed by atoms with Crippen LogP contribution in [-0.2, 0) is 0 Å². The molecule has 2 nitrogen and oxygen atoms in total. The first-order valence-electron chi connectivity index (χ1n) is 8.41. The molecule has 2 N–H and O–H groups in total. The minimum Gasteiger partial charge on any atom is -0.330 e. The van der Waals surface area contributed by atoms with Gasteiger partial charge in [-0.25, -0.2) is 0 Å². The van der Waals surface area contributed by atoms with Crippen LogP contribution in [-0.4, -0.2) is 24.0 Å². The van der Waals surface area contributed by atoms with E-state index in [0.29, 0.717) is 6.04 Å². The molecule has 1 saturated carbocycles. The maximum Gasteiger partial charge on any atom is 0.0363 e. The summed E-state index contributed by atoms with van der Waals surface area (Å²) in [5, 5.41) is 0. The van der Waals surface area contributed by atoms with E-state index in [4.69, 9.17) is 5.73 Å². The SMILES string of the molecule is NCCC(c1ccccc1)N1CCC[C@H]2CCCC[C@H]21. The number of fused-ring (bicyclic) bond motifs is 1. The zero-order valence-corrected chi connectivity index (χ0v) is 12.5. The van der Waals surface area contributed by atoms with E-state index >= 15 is 0 Å². The van der Waals surface area contributed by atoms with Gasteiger partial charge in [0.2, 0.25) is 0 Å². The van der Waals surface area contributed by atoms with E-state index in [1.54, 1.807) is 0 Å². The molecule has 2 fully saturated rings. The number of benzene rings is 1. The molecule has 110 valence electrons. The molecule has 1 aliphatic heterocycles. The van der Waals surface area contributed by atoms with Crippen molar-refractivity contribution in [2.24, 2.45) is 11.7 Å². The van der Waals surface area contributed by atoms with Crippen LogP contribution < -0.4 is 5.73 Å². The van der Waals surface area contributed by atoms with Crippen LogP contribution in [0.2, 0.25) is 0 Å². The fourth-order valence-corrected chi connectivity index (χ4v) is 4.41. The molecule has 1 aromatic carbocycles. The van der Waals surface area contributed by atoms with Crippen molar-refractivity contribution in [3.63, 3.8) is 0 Å². The fraction of sp³-hybridized carbons (Fsp3) is 0.667. The van der Waals surface area contributed by atoms with Crippen LogP contribution in [0.1, 0.15) is 56.6 Å². The van der Waals surface area contributed by atoms with Gasteiger partial charge in [0.05, 0.1) is 0 Å². The average molecular weight is 272 g/mol. The van der Waals surface area contributed by atoms with Gasteiger partial charge in [0.1, 0.15) is 0 Å². The third kappa shape index (κ3) is 2.91. The van der Waals surface area contributed by atoms with Gasteiger partial charge in [-0.1, -0.05) is 43.2 Å². The molecule has 1 unspecified atom stereocenters. The third-order valence-corrected chi connectivity index (χ3v) is 5.31. The summed E-state index contributed by atoms with van der Waals surface area (Å²) in [5.41, 5.74) is 7.38. The van der Waals surface area contributed by atoms with Crippen molar-refractivity contribution in [3.8, 4) is 0 Å². The zero-order chi connectivity index (χ0) is 13.8. The lowest BCUT2D eigenvalue weighted by atomic mass is 9.77. The molecule has 2 aliphatic rings. The van der Waals surface area contributed by atoms with Gasteiger partial charge < -0.3 is 5.73 Å². The molecular formula is C18H28N2. The van der Waals surface area contributed by atoms with Crippen molar-refractivity contribution in [1.82, 2.24) is 4.90 Å². The van der Waals surface area contributed by atoms with Crippen molar-refractivity contribution in [1.29, 1.82) is 0 Å². The zero-order valence-electron chi connectivity index (χ0n) is 12.5. The van der Waals surface area contributed by atoms with Gasteiger partial charge in [-0.3, -0.25) is 4.90 Å². The third-order valence-electron chi connectivity index (χ3n) is 5.31. The van der Waals surface area contributed by atoms with Crippen LogP contribution in [0.5, 0.6) is 0 Å². The topological polar surface area (TPSA) is 29.3 Å². The minimum atomic E-state index is 0.534. The van der Waals surface area contributed by atoms with Crippen LogP contribution in [0.4, 0.5) is 0 Å². The van der Waals surface area contributed by atoms with E-state index < -0.39 is 0 Å². The number of likely N-dealkylation sites (tertiary alicyclic amines) is 1. The predicted molar refractivity (Wildman–Crippen MR) is 84.5 cm³/mol. The molecule has 1 saturated heterocycles. The summed E-state index contributed by atoms with van der Waals surface area (Å²) in [6, 6.07) is 12.4. The van der Waals surface area contributed by atoms with E-state index in [2.05, 4.69) is 35.2 Å². The second-order valence-electron chi connectivity index (χ2n) is 6.50. The summed E-state index contributed by atoms with van der Waals surface area (Å²) < 4.78 is 0. The summed E-state index contributed by atoms with van der Waals surface area (Å²) in [6.07, 6.45) is 9.63. The fourth-order valence-electron chi connectivity index (χ4n) is 4.41. The number of nitrogens with two attached hydrogens (primary N) is 1. The molecule has 1 aliphatic carbocycles. The Morgan fingerprint density at radius 1 is 1.05 bits per heavy atom. The molecule has 0 spiro atoms. The maximum absolute atomic E-state index is 5.91. The second-order valence-corrected chi connectivity index (χ2v) is 6.50. The maximum atomic E-state index is 5.91.